The molecule has 0 saturated carbocycles. The van der Waals surface area contributed by atoms with Crippen LogP contribution < -0.4 is 0 Å². The Hall–Kier alpha value is 0.929. The van der Waals surface area contributed by atoms with Gasteiger partial charge in [-0.2, -0.15) is 0 Å². The summed E-state index contributed by atoms with van der Waals surface area (Å²) in [6.45, 7) is 0. The van der Waals surface area contributed by atoms with E-state index in [4.69, 9.17) is 0 Å². The first kappa shape index (κ1) is 5.93. The Kier molecular flexibility index (Phi) is 3.71. The summed E-state index contributed by atoms with van der Waals surface area (Å²) in [6.07, 6.45) is 0. The number of rotatable bonds is 1. The van der Waals surface area contributed by atoms with E-state index < -0.39 is 17.4 Å². The van der Waals surface area contributed by atoms with Gasteiger partial charge in [0.15, 0.2) is 0 Å². The van der Waals surface area contributed by atoms with Gasteiger partial charge in [-0.25, -0.2) is 0 Å². The minimum atomic E-state index is -1.17. The van der Waals surface area contributed by atoms with Crippen molar-refractivity contribution in [2.45, 2.75) is 0 Å². The Bertz CT molecular complexity index is 44.9. The van der Waals surface area contributed by atoms with Gasteiger partial charge >= 0.3 is 49.3 Å². The number of hydrogen-bond acceptors (Lipinski definition) is 2. The molecule has 0 atom stereocenters. The molecule has 0 aliphatic carbocycles. The fourth-order valence-corrected chi connectivity index (χ4v) is 0. The third-order valence-electron chi connectivity index (χ3n) is 0.0690. The first-order valence-electron chi connectivity index (χ1n) is 0.778. The molecule has 0 fully saturated rings. The van der Waals surface area contributed by atoms with E-state index in [1.54, 1.807) is 0 Å². The Balaban J connectivity index is 2.85. The van der Waals surface area contributed by atoms with Gasteiger partial charge in [-0.05, 0) is 0 Å². The summed E-state index contributed by atoms with van der Waals surface area (Å²) in [4.78, 5) is 9.24. The topological polar surface area (TPSA) is 43.1 Å². The summed E-state index contributed by atoms with van der Waals surface area (Å²) in [6, 6.07) is 0. The van der Waals surface area contributed by atoms with E-state index in [0.29, 0.717) is 0 Å². The van der Waals surface area contributed by atoms with Crippen LogP contribution in [0.5, 0.6) is 0 Å². The van der Waals surface area contributed by atoms with Crippen LogP contribution in [0.4, 0.5) is 0 Å². The number of hydrogen-bond donors (Lipinski definition) is 0. The molecule has 2 radical (unpaired) electrons. The molecule has 0 unspecified atom stereocenters. The van der Waals surface area contributed by atoms with Gasteiger partial charge in [0.2, 0.25) is 0 Å². The maximum atomic E-state index is 9.24. The van der Waals surface area contributed by atoms with Crippen molar-refractivity contribution in [2.24, 2.45) is 0 Å². The average Bonchev–Trinajstić information content (AvgIpc) is 1.38. The van der Waals surface area contributed by atoms with E-state index in [-0.39, 0.29) is 3.15 Å². The van der Waals surface area contributed by atoms with Crippen molar-refractivity contribution in [3.8, 4) is 0 Å². The molecule has 0 N–H and O–H groups in total. The van der Waals surface area contributed by atoms with Gasteiger partial charge in [-0.15, -0.1) is 0 Å². The van der Waals surface area contributed by atoms with Gasteiger partial charge in [0.25, 0.3) is 0 Å². The molecule has 3 nitrogen and oxygen atoms in total. The number of nitrogens with zero attached hydrogens (tertiary/aromatic N) is 1. The second kappa shape index (κ2) is 3.13. The summed E-state index contributed by atoms with van der Waals surface area (Å²) < 4.78 is -0.218. The molecule has 5 heteroatoms. The van der Waals surface area contributed by atoms with Gasteiger partial charge in [0.05, 0.1) is 0 Å². The molecule has 0 bridgehead atoms. The van der Waals surface area contributed by atoms with Crippen LogP contribution in [0.2, 0.25) is 0 Å². The second-order valence-electron chi connectivity index (χ2n) is 0.342. The van der Waals surface area contributed by atoms with Gasteiger partial charge in [-0.3, -0.25) is 0 Å². The van der Waals surface area contributed by atoms with Crippen molar-refractivity contribution in [3.63, 3.8) is 0 Å². The minimum absolute atomic E-state index is 0.218. The zero-order valence-corrected chi connectivity index (χ0v) is 7.15. The van der Waals surface area contributed by atoms with Crippen molar-refractivity contribution >= 4 is 36.1 Å². The van der Waals surface area contributed by atoms with Crippen molar-refractivity contribution in [2.75, 3.05) is 0 Å². The molecular formula is INO2Sn. The normalized spacial score (nSPS) is 7.40. The molecule has 0 saturated heterocycles. The van der Waals surface area contributed by atoms with Crippen LogP contribution in [0.3, 0.4) is 0 Å². The molecule has 0 aliphatic heterocycles. The quantitative estimate of drug-likeness (QED) is 0.300. The molecule has 0 rings (SSSR count). The van der Waals surface area contributed by atoms with Crippen LogP contribution in [0.1, 0.15) is 0 Å². The fourth-order valence-electron chi connectivity index (χ4n) is 0. The van der Waals surface area contributed by atoms with Crippen molar-refractivity contribution in [1.29, 1.82) is 0 Å². The van der Waals surface area contributed by atoms with Crippen LogP contribution in [-0.2, 0) is 0 Å². The molecule has 28 valence electrons. The molecule has 0 heterocycles. The van der Waals surface area contributed by atoms with Crippen LogP contribution >= 0.6 is 18.6 Å². The third kappa shape index (κ3) is 4.93. The van der Waals surface area contributed by atoms with Crippen LogP contribution in [0, 0.1) is 10.1 Å². The predicted octanol–water partition coefficient (Wildman–Crippen LogP) is 0.232. The molecule has 0 aromatic rings. The molecule has 0 aliphatic rings. The summed E-state index contributed by atoms with van der Waals surface area (Å²) in [5.41, 5.74) is 0. The summed E-state index contributed by atoms with van der Waals surface area (Å²) in [5.74, 6) is 0. The van der Waals surface area contributed by atoms with E-state index in [2.05, 4.69) is 0 Å². The number of nitro groups is 1. The second-order valence-corrected chi connectivity index (χ2v) is 5.10. The molecule has 0 amide bonds. The maximum absolute atomic E-state index is 9.24. The van der Waals surface area contributed by atoms with Gasteiger partial charge in [0, 0.05) is 0 Å². The zero-order chi connectivity index (χ0) is 4.28. The van der Waals surface area contributed by atoms with Crippen LogP contribution in [0.15, 0.2) is 0 Å². The van der Waals surface area contributed by atoms with Gasteiger partial charge in [-0.1, -0.05) is 0 Å². The Morgan fingerprint density at radius 3 is 2.20 bits per heavy atom. The van der Waals surface area contributed by atoms with E-state index in [1.165, 1.54) is 0 Å². The Morgan fingerprint density at radius 1 is 2.00 bits per heavy atom. The van der Waals surface area contributed by atoms with Crippen molar-refractivity contribution in [1.82, 2.24) is 0 Å². The van der Waals surface area contributed by atoms with E-state index in [0.717, 1.165) is 0 Å². The predicted molar refractivity (Wildman–Crippen MR) is 26.8 cm³/mol. The SMILES string of the molecule is O=[N+]([O-])[Sn][I]. The summed E-state index contributed by atoms with van der Waals surface area (Å²) in [5, 5.41) is 9.24. The van der Waals surface area contributed by atoms with Gasteiger partial charge in [0.1, 0.15) is 0 Å². The zero-order valence-electron chi connectivity index (χ0n) is 2.14. The molecule has 0 aromatic carbocycles. The average molecular weight is 292 g/mol. The summed E-state index contributed by atoms with van der Waals surface area (Å²) >= 11 is 0.675. The van der Waals surface area contributed by atoms with E-state index in [1.807, 2.05) is 18.6 Å². The fraction of sp³-hybridized carbons (Fsp3) is 0. The number of halogens is 1. The first-order valence-corrected chi connectivity index (χ1v) is 10.4. The van der Waals surface area contributed by atoms with Crippen molar-refractivity contribution < 1.29 is 3.15 Å². The van der Waals surface area contributed by atoms with Crippen molar-refractivity contribution in [3.05, 3.63) is 10.1 Å². The van der Waals surface area contributed by atoms with Gasteiger partial charge < -0.3 is 0 Å². The van der Waals surface area contributed by atoms with E-state index in [9.17, 15) is 10.1 Å². The summed E-state index contributed by atoms with van der Waals surface area (Å²) in [7, 11) is 0. The Labute approximate surface area is 49.0 Å². The Morgan fingerprint density at radius 2 is 2.20 bits per heavy atom. The van der Waals surface area contributed by atoms with E-state index >= 15 is 0 Å². The van der Waals surface area contributed by atoms with Crippen LogP contribution in [-0.4, -0.2) is 20.6 Å². The molecule has 5 heavy (non-hydrogen) atoms. The molecular weight excluding hydrogens is 292 g/mol. The first-order chi connectivity index (χ1) is 2.27. The monoisotopic (exact) mass is 293 g/mol. The third-order valence-corrected chi connectivity index (χ3v) is 3.11. The van der Waals surface area contributed by atoms with Crippen LogP contribution in [0.25, 0.3) is 0 Å². The molecule has 0 aromatic heterocycles. The molecule has 0 spiro atoms. The standard InChI is InChI=1S/HI.NO2.Sn/c;2-1-3;/h1H;;/q;;+1/p-1.